The molecule has 0 unspecified atom stereocenters. The predicted molar refractivity (Wildman–Crippen MR) is 53.5 cm³/mol. The zero-order chi connectivity index (χ0) is 10.1. The first-order chi connectivity index (χ1) is 6.72. The Kier molecular flexibility index (Phi) is 2.25. The van der Waals surface area contributed by atoms with Gasteiger partial charge < -0.3 is 10.1 Å². The minimum absolute atomic E-state index is 0.276. The van der Waals surface area contributed by atoms with Gasteiger partial charge in [-0.15, -0.1) is 0 Å². The molecule has 74 valence electrons. The SMILES string of the molecule is CC[C@@H](O)c1c[nH]c2ccc(F)cc12. The fraction of sp³-hybridized carbons (Fsp3) is 0.273. The lowest BCUT2D eigenvalue weighted by Gasteiger charge is -2.05. The van der Waals surface area contributed by atoms with Crippen LogP contribution >= 0.6 is 0 Å². The highest BCUT2D eigenvalue weighted by atomic mass is 19.1. The standard InChI is InChI=1S/C11H12FNO/c1-2-11(14)9-6-13-10-4-3-7(12)5-8(9)10/h3-6,11,13-14H,2H2,1H3/t11-/m1/s1. The summed E-state index contributed by atoms with van der Waals surface area (Å²) < 4.78 is 13.0. The molecule has 2 N–H and O–H groups in total. The molecule has 2 rings (SSSR count). The molecule has 0 aliphatic carbocycles. The molecule has 14 heavy (non-hydrogen) atoms. The molecule has 1 aromatic heterocycles. The van der Waals surface area contributed by atoms with Crippen LogP contribution in [-0.2, 0) is 0 Å². The Morgan fingerprint density at radius 3 is 3.00 bits per heavy atom. The lowest BCUT2D eigenvalue weighted by Crippen LogP contribution is -1.93. The monoisotopic (exact) mass is 193 g/mol. The number of rotatable bonds is 2. The van der Waals surface area contributed by atoms with Gasteiger partial charge >= 0.3 is 0 Å². The fourth-order valence-electron chi connectivity index (χ4n) is 1.61. The van der Waals surface area contributed by atoms with Crippen LogP contribution < -0.4 is 0 Å². The minimum Gasteiger partial charge on any atom is -0.388 e. The Hall–Kier alpha value is -1.35. The lowest BCUT2D eigenvalue weighted by atomic mass is 10.1. The molecule has 0 amide bonds. The fourth-order valence-corrected chi connectivity index (χ4v) is 1.61. The summed E-state index contributed by atoms with van der Waals surface area (Å²) in [5.41, 5.74) is 1.62. The Balaban J connectivity index is 2.61. The lowest BCUT2D eigenvalue weighted by molar-refractivity contribution is 0.175. The number of hydrogen-bond acceptors (Lipinski definition) is 1. The van der Waals surface area contributed by atoms with Gasteiger partial charge in [-0.25, -0.2) is 4.39 Å². The smallest absolute Gasteiger partial charge is 0.123 e. The van der Waals surface area contributed by atoms with Crippen molar-refractivity contribution in [3.8, 4) is 0 Å². The first-order valence-electron chi connectivity index (χ1n) is 4.67. The topological polar surface area (TPSA) is 36.0 Å². The van der Waals surface area contributed by atoms with Crippen LogP contribution in [-0.4, -0.2) is 10.1 Å². The van der Waals surface area contributed by atoms with E-state index in [1.807, 2.05) is 6.92 Å². The van der Waals surface area contributed by atoms with Gasteiger partial charge in [-0.3, -0.25) is 0 Å². The van der Waals surface area contributed by atoms with Gasteiger partial charge in [0.2, 0.25) is 0 Å². The van der Waals surface area contributed by atoms with E-state index in [-0.39, 0.29) is 5.82 Å². The van der Waals surface area contributed by atoms with Crippen molar-refractivity contribution < 1.29 is 9.50 Å². The second kappa shape index (κ2) is 3.42. The second-order valence-corrected chi connectivity index (χ2v) is 3.36. The molecule has 0 aliphatic heterocycles. The quantitative estimate of drug-likeness (QED) is 0.755. The minimum atomic E-state index is -0.523. The van der Waals surface area contributed by atoms with Crippen molar-refractivity contribution in [2.75, 3.05) is 0 Å². The van der Waals surface area contributed by atoms with Crippen LogP contribution in [0.1, 0.15) is 25.0 Å². The molecule has 1 aromatic carbocycles. The normalized spacial score (nSPS) is 13.4. The summed E-state index contributed by atoms with van der Waals surface area (Å²) in [6, 6.07) is 4.53. The molecule has 3 heteroatoms. The number of aromatic amines is 1. The number of aromatic nitrogens is 1. The highest BCUT2D eigenvalue weighted by molar-refractivity contribution is 5.83. The highest BCUT2D eigenvalue weighted by Gasteiger charge is 2.11. The van der Waals surface area contributed by atoms with Gasteiger partial charge in [0.1, 0.15) is 5.82 Å². The molecule has 0 radical (unpaired) electrons. The molecule has 2 aromatic rings. The summed E-state index contributed by atoms with van der Waals surface area (Å²) in [6.45, 7) is 1.89. The van der Waals surface area contributed by atoms with Crippen molar-refractivity contribution in [3.05, 3.63) is 35.8 Å². The van der Waals surface area contributed by atoms with Crippen LogP contribution in [0.3, 0.4) is 0 Å². The third-order valence-corrected chi connectivity index (χ3v) is 2.42. The van der Waals surface area contributed by atoms with Crippen LogP contribution in [0.4, 0.5) is 4.39 Å². The number of aliphatic hydroxyl groups is 1. The average Bonchev–Trinajstić information content (AvgIpc) is 2.59. The second-order valence-electron chi connectivity index (χ2n) is 3.36. The maximum absolute atomic E-state index is 13.0. The van der Waals surface area contributed by atoms with Crippen molar-refractivity contribution in [1.29, 1.82) is 0 Å². The molecular formula is C11H12FNO. The van der Waals surface area contributed by atoms with E-state index in [1.54, 1.807) is 12.3 Å². The number of aliphatic hydroxyl groups excluding tert-OH is 1. The Morgan fingerprint density at radius 2 is 2.29 bits per heavy atom. The van der Waals surface area contributed by atoms with Crippen molar-refractivity contribution in [1.82, 2.24) is 4.98 Å². The molecule has 1 atom stereocenters. The Morgan fingerprint density at radius 1 is 1.50 bits per heavy atom. The van der Waals surface area contributed by atoms with Crippen molar-refractivity contribution in [2.24, 2.45) is 0 Å². The molecule has 0 spiro atoms. The van der Waals surface area contributed by atoms with E-state index in [1.165, 1.54) is 12.1 Å². The average molecular weight is 193 g/mol. The van der Waals surface area contributed by atoms with Gasteiger partial charge in [0.15, 0.2) is 0 Å². The summed E-state index contributed by atoms with van der Waals surface area (Å²) in [5.74, 6) is -0.276. The van der Waals surface area contributed by atoms with E-state index in [0.717, 1.165) is 16.5 Å². The zero-order valence-electron chi connectivity index (χ0n) is 7.92. The third kappa shape index (κ3) is 1.40. The van der Waals surface area contributed by atoms with E-state index in [2.05, 4.69) is 4.98 Å². The van der Waals surface area contributed by atoms with Gasteiger partial charge in [0.25, 0.3) is 0 Å². The number of nitrogens with one attached hydrogen (secondary N) is 1. The van der Waals surface area contributed by atoms with Gasteiger partial charge in [-0.05, 0) is 24.6 Å². The summed E-state index contributed by atoms with van der Waals surface area (Å²) in [7, 11) is 0. The molecule has 0 saturated heterocycles. The summed E-state index contributed by atoms with van der Waals surface area (Å²) >= 11 is 0. The summed E-state index contributed by atoms with van der Waals surface area (Å²) in [5, 5.41) is 10.4. The number of benzene rings is 1. The molecule has 0 fully saturated rings. The molecule has 2 nitrogen and oxygen atoms in total. The first kappa shape index (κ1) is 9.21. The van der Waals surface area contributed by atoms with Gasteiger partial charge in [-0.2, -0.15) is 0 Å². The van der Waals surface area contributed by atoms with E-state index in [9.17, 15) is 9.50 Å². The summed E-state index contributed by atoms with van der Waals surface area (Å²) in [6.07, 6.45) is 1.84. The highest BCUT2D eigenvalue weighted by Crippen LogP contribution is 2.26. The van der Waals surface area contributed by atoms with Gasteiger partial charge in [0, 0.05) is 22.7 Å². The Labute approximate surface area is 81.4 Å². The van der Waals surface area contributed by atoms with Crippen molar-refractivity contribution in [3.63, 3.8) is 0 Å². The molecule has 0 saturated carbocycles. The van der Waals surface area contributed by atoms with Crippen LogP contribution in [0, 0.1) is 5.82 Å². The number of fused-ring (bicyclic) bond motifs is 1. The van der Waals surface area contributed by atoms with Crippen LogP contribution in [0.15, 0.2) is 24.4 Å². The first-order valence-corrected chi connectivity index (χ1v) is 4.67. The molecule has 0 aliphatic rings. The maximum atomic E-state index is 13.0. The van der Waals surface area contributed by atoms with Crippen LogP contribution in [0.5, 0.6) is 0 Å². The number of halogens is 1. The molecule has 1 heterocycles. The van der Waals surface area contributed by atoms with Crippen molar-refractivity contribution >= 4 is 10.9 Å². The van der Waals surface area contributed by atoms with E-state index in [4.69, 9.17) is 0 Å². The third-order valence-electron chi connectivity index (χ3n) is 2.42. The number of hydrogen-bond donors (Lipinski definition) is 2. The molecular weight excluding hydrogens is 181 g/mol. The van der Waals surface area contributed by atoms with Gasteiger partial charge in [-0.1, -0.05) is 6.92 Å². The van der Waals surface area contributed by atoms with Crippen LogP contribution in [0.25, 0.3) is 10.9 Å². The van der Waals surface area contributed by atoms with Gasteiger partial charge in [0.05, 0.1) is 6.10 Å². The Bertz CT molecular complexity index is 449. The van der Waals surface area contributed by atoms with E-state index in [0.29, 0.717) is 6.42 Å². The van der Waals surface area contributed by atoms with Crippen LogP contribution in [0.2, 0.25) is 0 Å². The zero-order valence-corrected chi connectivity index (χ0v) is 7.92. The maximum Gasteiger partial charge on any atom is 0.123 e. The van der Waals surface area contributed by atoms with Crippen molar-refractivity contribution in [2.45, 2.75) is 19.4 Å². The predicted octanol–water partition coefficient (Wildman–Crippen LogP) is 2.75. The largest absolute Gasteiger partial charge is 0.388 e. The number of H-pyrrole nitrogens is 1. The van der Waals surface area contributed by atoms with E-state index >= 15 is 0 Å². The van der Waals surface area contributed by atoms with E-state index < -0.39 is 6.10 Å². The summed E-state index contributed by atoms with van der Waals surface area (Å²) in [4.78, 5) is 3.00. The molecule has 0 bridgehead atoms.